The van der Waals surface area contributed by atoms with Crippen LogP contribution in [0.5, 0.6) is 0 Å². The Morgan fingerprint density at radius 3 is 2.74 bits per heavy atom. The Morgan fingerprint density at radius 1 is 1.24 bits per heavy atom. The van der Waals surface area contributed by atoms with Crippen LogP contribution in [0.2, 0.25) is 0 Å². The Bertz CT molecular complexity index is 1350. The van der Waals surface area contributed by atoms with E-state index in [-0.39, 0.29) is 17.0 Å². The number of fused-ring (bicyclic) bond motifs is 2. The normalized spacial score (nSPS) is 15.0. The van der Waals surface area contributed by atoms with Crippen molar-refractivity contribution in [1.82, 2.24) is 10.3 Å². The van der Waals surface area contributed by atoms with Crippen LogP contribution < -0.4 is 10.2 Å². The van der Waals surface area contributed by atoms with Crippen molar-refractivity contribution in [3.05, 3.63) is 76.5 Å². The van der Waals surface area contributed by atoms with Crippen LogP contribution in [0.3, 0.4) is 0 Å². The molecule has 5 heteroatoms. The molecule has 174 valence electrons. The van der Waals surface area contributed by atoms with Crippen LogP contribution in [0.25, 0.3) is 22.6 Å². The number of allylic oxidation sites excluding steroid dienone is 1. The van der Waals surface area contributed by atoms with E-state index in [4.69, 9.17) is 0 Å². The molecule has 5 nitrogen and oxygen atoms in total. The minimum absolute atomic E-state index is 0.0574. The Hall–Kier alpha value is -3.78. The number of amides is 1. The van der Waals surface area contributed by atoms with Gasteiger partial charge >= 0.3 is 0 Å². The zero-order valence-corrected chi connectivity index (χ0v) is 20.6. The van der Waals surface area contributed by atoms with Gasteiger partial charge in [0.2, 0.25) is 0 Å². The largest absolute Gasteiger partial charge is 0.363 e. The van der Waals surface area contributed by atoms with Gasteiger partial charge in [0, 0.05) is 41.4 Å². The molecule has 0 unspecified atom stereocenters. The number of para-hydroxylation sites is 1. The van der Waals surface area contributed by atoms with Crippen molar-refractivity contribution in [2.45, 2.75) is 46.6 Å². The lowest BCUT2D eigenvalue weighted by Crippen LogP contribution is -2.44. The molecule has 2 N–H and O–H groups in total. The number of nitrogens with zero attached hydrogens (tertiary/aromatic N) is 2. The summed E-state index contributed by atoms with van der Waals surface area (Å²) < 4.78 is 0. The van der Waals surface area contributed by atoms with E-state index in [9.17, 15) is 10.1 Å². The van der Waals surface area contributed by atoms with Crippen LogP contribution in [-0.4, -0.2) is 29.5 Å². The van der Waals surface area contributed by atoms with Crippen LogP contribution in [0.1, 0.15) is 49.9 Å². The molecule has 0 radical (unpaired) electrons. The lowest BCUT2D eigenvalue weighted by molar-refractivity contribution is -0.117. The van der Waals surface area contributed by atoms with Crippen molar-refractivity contribution >= 4 is 34.1 Å². The summed E-state index contributed by atoms with van der Waals surface area (Å²) in [7, 11) is 0. The smallest absolute Gasteiger partial charge is 0.261 e. The summed E-state index contributed by atoms with van der Waals surface area (Å²) in [5, 5.41) is 13.8. The zero-order valence-electron chi connectivity index (χ0n) is 20.6. The number of H-pyrrole nitrogens is 1. The summed E-state index contributed by atoms with van der Waals surface area (Å²) in [6.07, 6.45) is 6.66. The third kappa shape index (κ3) is 4.36. The van der Waals surface area contributed by atoms with E-state index in [1.165, 1.54) is 11.3 Å². The first-order chi connectivity index (χ1) is 16.2. The molecule has 0 saturated heterocycles. The van der Waals surface area contributed by atoms with Crippen molar-refractivity contribution < 1.29 is 4.79 Å². The Kier molecular flexibility index (Phi) is 6.34. The van der Waals surface area contributed by atoms with Gasteiger partial charge in [0.1, 0.15) is 11.6 Å². The van der Waals surface area contributed by atoms with E-state index in [2.05, 4.69) is 73.2 Å². The number of anilines is 1. The molecule has 34 heavy (non-hydrogen) atoms. The molecular formula is C29H32N4O. The molecule has 0 aliphatic carbocycles. The molecule has 2 aromatic carbocycles. The highest BCUT2D eigenvalue weighted by Crippen LogP contribution is 2.40. The molecule has 1 aliphatic rings. The molecule has 0 atom stereocenters. The number of hydrogen-bond donors (Lipinski definition) is 2. The van der Waals surface area contributed by atoms with Gasteiger partial charge in [-0.2, -0.15) is 5.26 Å². The van der Waals surface area contributed by atoms with Gasteiger partial charge in [0.15, 0.2) is 0 Å². The summed E-state index contributed by atoms with van der Waals surface area (Å²) in [6.45, 7) is 12.1. The van der Waals surface area contributed by atoms with Gasteiger partial charge in [-0.3, -0.25) is 4.79 Å². The highest BCUT2D eigenvalue weighted by Gasteiger charge is 2.30. The quantitative estimate of drug-likeness (QED) is 0.369. The summed E-state index contributed by atoms with van der Waals surface area (Å²) in [4.78, 5) is 18.4. The number of hydrogen-bond acceptors (Lipinski definition) is 3. The maximum atomic E-state index is 12.8. The van der Waals surface area contributed by atoms with Gasteiger partial charge in [-0.15, -0.1) is 0 Å². The minimum Gasteiger partial charge on any atom is -0.363 e. The molecule has 1 amide bonds. The second-order valence-electron chi connectivity index (χ2n) is 9.49. The fourth-order valence-electron chi connectivity index (χ4n) is 5.03. The van der Waals surface area contributed by atoms with Gasteiger partial charge in [-0.05, 0) is 87.6 Å². The number of aryl methyl sites for hydroxylation is 1. The number of carbonyl (C=O) groups is 1. The van der Waals surface area contributed by atoms with E-state index >= 15 is 0 Å². The molecule has 1 aliphatic heterocycles. The van der Waals surface area contributed by atoms with E-state index in [1.807, 2.05) is 31.3 Å². The third-order valence-corrected chi connectivity index (χ3v) is 6.70. The van der Waals surface area contributed by atoms with Crippen molar-refractivity contribution in [1.29, 1.82) is 5.26 Å². The fraction of sp³-hybridized carbons (Fsp3) is 0.310. The van der Waals surface area contributed by atoms with Gasteiger partial charge in [-0.25, -0.2) is 0 Å². The molecule has 2 heterocycles. The molecule has 0 bridgehead atoms. The molecular weight excluding hydrogens is 420 g/mol. The Morgan fingerprint density at radius 2 is 2.00 bits per heavy atom. The second kappa shape index (κ2) is 9.23. The maximum absolute atomic E-state index is 12.8. The predicted octanol–water partition coefficient (Wildman–Crippen LogP) is 5.76. The topological polar surface area (TPSA) is 71.9 Å². The number of nitriles is 1. The van der Waals surface area contributed by atoms with E-state index < -0.39 is 0 Å². The highest BCUT2D eigenvalue weighted by atomic mass is 16.1. The Balaban J connectivity index is 1.53. The summed E-state index contributed by atoms with van der Waals surface area (Å²) in [5.74, 6) is -0.344. The molecule has 3 aromatic rings. The first-order valence-electron chi connectivity index (χ1n) is 11.8. The van der Waals surface area contributed by atoms with Crippen molar-refractivity contribution in [2.75, 3.05) is 18.0 Å². The molecule has 0 spiro atoms. The van der Waals surface area contributed by atoms with Crippen LogP contribution in [0, 0.1) is 18.3 Å². The van der Waals surface area contributed by atoms with Gasteiger partial charge in [0.25, 0.3) is 5.91 Å². The SMILES string of the molecule is CCN1c2cc(C)c(/C=C(/C#N)C(=O)NCCc3c[nH]c4ccccc34)cc2C(C)=CC1(C)C. The second-order valence-corrected chi connectivity index (χ2v) is 9.49. The number of carbonyl (C=O) groups excluding carboxylic acids is 1. The van der Waals surface area contributed by atoms with Crippen molar-refractivity contribution in [2.24, 2.45) is 0 Å². The summed E-state index contributed by atoms with van der Waals surface area (Å²) >= 11 is 0. The average Bonchev–Trinajstić information content (AvgIpc) is 3.20. The van der Waals surface area contributed by atoms with E-state index in [1.54, 1.807) is 6.08 Å². The lowest BCUT2D eigenvalue weighted by atomic mass is 9.86. The number of rotatable bonds is 6. The van der Waals surface area contributed by atoms with Crippen LogP contribution in [-0.2, 0) is 11.2 Å². The third-order valence-electron chi connectivity index (χ3n) is 6.70. The first-order valence-corrected chi connectivity index (χ1v) is 11.8. The Labute approximate surface area is 201 Å². The maximum Gasteiger partial charge on any atom is 0.261 e. The van der Waals surface area contributed by atoms with Crippen molar-refractivity contribution in [3.63, 3.8) is 0 Å². The predicted molar refractivity (Wildman–Crippen MR) is 141 cm³/mol. The summed E-state index contributed by atoms with van der Waals surface area (Å²) in [6, 6.07) is 14.5. The molecule has 1 aromatic heterocycles. The number of aromatic nitrogens is 1. The van der Waals surface area contributed by atoms with Crippen LogP contribution in [0.15, 0.2) is 54.2 Å². The number of nitrogens with one attached hydrogen (secondary N) is 2. The molecule has 4 rings (SSSR count). The van der Waals surface area contributed by atoms with Gasteiger partial charge < -0.3 is 15.2 Å². The molecule has 0 saturated carbocycles. The lowest BCUT2D eigenvalue weighted by Gasteiger charge is -2.43. The van der Waals surface area contributed by atoms with E-state index in [0.717, 1.165) is 39.7 Å². The van der Waals surface area contributed by atoms with Crippen LogP contribution in [0.4, 0.5) is 5.69 Å². The first kappa shape index (κ1) is 23.4. The van der Waals surface area contributed by atoms with Gasteiger partial charge in [0.05, 0.1) is 5.54 Å². The van der Waals surface area contributed by atoms with Gasteiger partial charge in [-0.1, -0.05) is 24.3 Å². The molecule has 0 fully saturated rings. The monoisotopic (exact) mass is 452 g/mol. The number of benzene rings is 2. The fourth-order valence-corrected chi connectivity index (χ4v) is 5.03. The number of aromatic amines is 1. The minimum atomic E-state index is -0.344. The standard InChI is InChI=1S/C29H32N4O/c1-6-33-27-13-19(2)22(15-25(27)20(3)16-29(33,4)5)14-23(17-30)28(34)31-12-11-21-18-32-26-10-8-7-9-24(21)26/h7-10,13-16,18,32H,6,11-12H2,1-5H3,(H,31,34)/b23-14-. The highest BCUT2D eigenvalue weighted by molar-refractivity contribution is 6.02. The summed E-state index contributed by atoms with van der Waals surface area (Å²) in [5.41, 5.74) is 7.78. The average molecular weight is 453 g/mol. The van der Waals surface area contributed by atoms with Crippen molar-refractivity contribution in [3.8, 4) is 6.07 Å². The van der Waals surface area contributed by atoms with Crippen LogP contribution >= 0.6 is 0 Å². The zero-order chi connectivity index (χ0) is 24.5. The number of likely N-dealkylation sites (N-methyl/N-ethyl adjacent to an activating group) is 1. The van der Waals surface area contributed by atoms with E-state index in [0.29, 0.717) is 13.0 Å².